The molecule has 0 aliphatic heterocycles. The summed E-state index contributed by atoms with van der Waals surface area (Å²) in [4.78, 5) is 40.5. The molecule has 4 aromatic carbocycles. The van der Waals surface area contributed by atoms with Crippen LogP contribution in [0.2, 0.25) is 0 Å². The highest BCUT2D eigenvalue weighted by Crippen LogP contribution is 2.32. The number of nitrogens with two attached hydrogens (primary N) is 3. The van der Waals surface area contributed by atoms with E-state index in [0.29, 0.717) is 37.6 Å². The Balaban J connectivity index is 1.20. The number of hydrogen-bond donors (Lipinski definition) is 6. The number of hydrogen-bond acceptors (Lipinski definition) is 9. The van der Waals surface area contributed by atoms with Crippen LogP contribution in [0.4, 0.5) is 5.95 Å². The Morgan fingerprint density at radius 3 is 2.37 bits per heavy atom. The molecule has 7 aromatic rings. The first-order valence-corrected chi connectivity index (χ1v) is 18.9. The Morgan fingerprint density at radius 2 is 1.67 bits per heavy atom. The Labute approximate surface area is 330 Å². The predicted molar refractivity (Wildman–Crippen MR) is 219 cm³/mol. The number of aromatic nitrogens is 5. The van der Waals surface area contributed by atoms with E-state index in [1.165, 1.54) is 0 Å². The molecule has 3 aromatic heterocycles. The van der Waals surface area contributed by atoms with Gasteiger partial charge in [-0.15, -0.1) is 0 Å². The molecule has 0 saturated heterocycles. The zero-order valence-corrected chi connectivity index (χ0v) is 32.0. The van der Waals surface area contributed by atoms with Crippen LogP contribution in [0.15, 0.2) is 114 Å². The molecule has 9 N–H and O–H groups in total. The van der Waals surface area contributed by atoms with Crippen LogP contribution in [0.25, 0.3) is 22.0 Å². The fraction of sp³-hybridized carbons (Fsp3) is 0.250. The monoisotopic (exact) mass is 765 g/mol. The van der Waals surface area contributed by atoms with E-state index in [-0.39, 0.29) is 24.5 Å². The SMILES string of the molecule is Cc1cc(O)cc(C)c1C[C@H](C(=O)N[C@@H](Cc1c[nH]c2ccccc12)c1nc(Cc2ccc(-c3ccccc3)cc2)no1)C(N)(CCCn1ccnc1N)C(N)=O. The summed E-state index contributed by atoms with van der Waals surface area (Å²) in [6, 6.07) is 28.7. The Kier molecular flexibility index (Phi) is 11.2. The number of amides is 2. The standard InChI is InChI=1S/C44H47N9O4/c1-27-21-33(54)22-28(2)35(27)25-36(44(47,42(45)56)17-8-19-53-20-18-48-43(53)46)40(55)50-38(24-32-26-49-37-12-7-6-11-34(32)37)41-51-39(52-57-41)23-29-13-15-31(16-14-29)30-9-4-3-5-10-30/h3-7,9-16,18,20-22,26,36,38,49,54H,8,17,19,23-25,47H2,1-2H3,(H2,45,56)(H2,46,48)(H,50,55)/t36-,38+,44?/m1/s1. The van der Waals surface area contributed by atoms with Crippen LogP contribution in [0, 0.1) is 19.8 Å². The topological polar surface area (TPSA) is 217 Å². The maximum atomic E-state index is 14.9. The molecule has 1 unspecified atom stereocenters. The molecule has 3 atom stereocenters. The summed E-state index contributed by atoms with van der Waals surface area (Å²) in [6.07, 6.45) is 6.46. The second-order valence-corrected chi connectivity index (χ2v) is 14.7. The van der Waals surface area contributed by atoms with Crippen molar-refractivity contribution in [2.75, 3.05) is 5.73 Å². The average molecular weight is 766 g/mol. The average Bonchev–Trinajstić information content (AvgIpc) is 3.95. The van der Waals surface area contributed by atoms with Gasteiger partial charge < -0.3 is 41.7 Å². The number of phenols is 1. The van der Waals surface area contributed by atoms with Gasteiger partial charge in [0.25, 0.3) is 0 Å². The third-order valence-corrected chi connectivity index (χ3v) is 10.8. The molecule has 7 rings (SSSR count). The number of anilines is 1. The van der Waals surface area contributed by atoms with Gasteiger partial charge >= 0.3 is 0 Å². The number of benzene rings is 4. The number of carbonyl (C=O) groups is 2. The van der Waals surface area contributed by atoms with Crippen LogP contribution in [-0.2, 0) is 35.4 Å². The van der Waals surface area contributed by atoms with Gasteiger partial charge in [0.2, 0.25) is 17.7 Å². The maximum absolute atomic E-state index is 14.9. The van der Waals surface area contributed by atoms with E-state index < -0.39 is 29.3 Å². The first kappa shape index (κ1) is 38.5. The van der Waals surface area contributed by atoms with E-state index in [2.05, 4.69) is 44.7 Å². The van der Waals surface area contributed by atoms with Crippen molar-refractivity contribution in [2.45, 2.75) is 64.1 Å². The van der Waals surface area contributed by atoms with Crippen LogP contribution in [0.5, 0.6) is 5.75 Å². The summed E-state index contributed by atoms with van der Waals surface area (Å²) in [5.41, 5.74) is 24.7. The Bertz CT molecular complexity index is 2470. The largest absolute Gasteiger partial charge is 0.508 e. The molecule has 3 heterocycles. The van der Waals surface area contributed by atoms with Gasteiger partial charge in [0.1, 0.15) is 17.3 Å². The lowest BCUT2D eigenvalue weighted by Gasteiger charge is -2.35. The molecule has 0 radical (unpaired) electrons. The molecular formula is C44H47N9O4. The number of rotatable bonds is 16. The van der Waals surface area contributed by atoms with Gasteiger partial charge in [0.15, 0.2) is 11.8 Å². The summed E-state index contributed by atoms with van der Waals surface area (Å²) in [7, 11) is 0. The summed E-state index contributed by atoms with van der Waals surface area (Å²) in [5.74, 6) is -1.38. The number of para-hydroxylation sites is 1. The number of nitrogens with one attached hydrogen (secondary N) is 2. The lowest BCUT2D eigenvalue weighted by atomic mass is 9.75. The Morgan fingerprint density at radius 1 is 0.965 bits per heavy atom. The molecule has 0 saturated carbocycles. The van der Waals surface area contributed by atoms with Gasteiger partial charge in [0, 0.05) is 48.9 Å². The third kappa shape index (κ3) is 8.58. The van der Waals surface area contributed by atoms with Gasteiger partial charge in [-0.05, 0) is 90.3 Å². The number of imidazole rings is 1. The number of aryl methyl sites for hydroxylation is 3. The summed E-state index contributed by atoms with van der Waals surface area (Å²) >= 11 is 0. The van der Waals surface area contributed by atoms with Crippen LogP contribution in [0.1, 0.15) is 58.4 Å². The van der Waals surface area contributed by atoms with E-state index in [1.807, 2.05) is 74.6 Å². The normalized spacial score (nSPS) is 13.6. The number of fused-ring (bicyclic) bond motifs is 1. The van der Waals surface area contributed by atoms with Crippen molar-refractivity contribution >= 4 is 28.7 Å². The molecule has 13 nitrogen and oxygen atoms in total. The molecule has 13 heteroatoms. The minimum Gasteiger partial charge on any atom is -0.508 e. The van der Waals surface area contributed by atoms with Crippen molar-refractivity contribution < 1.29 is 19.2 Å². The number of nitrogens with zero attached hydrogens (tertiary/aromatic N) is 4. The molecule has 0 fully saturated rings. The van der Waals surface area contributed by atoms with Crippen LogP contribution in [-0.4, -0.2) is 47.1 Å². The van der Waals surface area contributed by atoms with Crippen LogP contribution in [0.3, 0.4) is 0 Å². The summed E-state index contributed by atoms with van der Waals surface area (Å²) in [6.45, 7) is 4.10. The lowest BCUT2D eigenvalue weighted by Crippen LogP contribution is -2.62. The number of primary amides is 1. The van der Waals surface area contributed by atoms with Crippen molar-refractivity contribution in [1.29, 1.82) is 0 Å². The molecule has 57 heavy (non-hydrogen) atoms. The van der Waals surface area contributed by atoms with Gasteiger partial charge in [-0.3, -0.25) is 9.59 Å². The van der Waals surface area contributed by atoms with Crippen molar-refractivity contribution in [3.63, 3.8) is 0 Å². The fourth-order valence-electron chi connectivity index (χ4n) is 7.65. The fourth-order valence-corrected chi connectivity index (χ4v) is 7.65. The first-order valence-electron chi connectivity index (χ1n) is 18.9. The van der Waals surface area contributed by atoms with Gasteiger partial charge in [-0.1, -0.05) is 78.0 Å². The van der Waals surface area contributed by atoms with Crippen LogP contribution < -0.4 is 22.5 Å². The molecule has 0 bridgehead atoms. The van der Waals surface area contributed by atoms with Crippen LogP contribution >= 0.6 is 0 Å². The second-order valence-electron chi connectivity index (χ2n) is 14.7. The zero-order chi connectivity index (χ0) is 40.1. The van der Waals surface area contributed by atoms with Gasteiger partial charge in [0.05, 0.1) is 5.92 Å². The highest BCUT2D eigenvalue weighted by Gasteiger charge is 2.45. The minimum atomic E-state index is -1.78. The number of aromatic hydroxyl groups is 1. The van der Waals surface area contributed by atoms with Crippen molar-refractivity contribution in [3.8, 4) is 16.9 Å². The van der Waals surface area contributed by atoms with E-state index in [9.17, 15) is 14.7 Å². The van der Waals surface area contributed by atoms with Gasteiger partial charge in [-0.2, -0.15) is 4.98 Å². The number of nitrogen functional groups attached to an aromatic ring is 1. The lowest BCUT2D eigenvalue weighted by molar-refractivity contribution is -0.135. The quantitative estimate of drug-likeness (QED) is 0.0696. The van der Waals surface area contributed by atoms with Gasteiger partial charge in [-0.25, -0.2) is 4.98 Å². The molecule has 0 aliphatic carbocycles. The van der Waals surface area contributed by atoms with Crippen molar-refractivity contribution in [2.24, 2.45) is 17.4 Å². The first-order chi connectivity index (χ1) is 27.5. The maximum Gasteiger partial charge on any atom is 0.249 e. The van der Waals surface area contributed by atoms with E-state index in [0.717, 1.165) is 49.8 Å². The predicted octanol–water partition coefficient (Wildman–Crippen LogP) is 5.83. The highest BCUT2D eigenvalue weighted by atomic mass is 16.5. The molecular weight excluding hydrogens is 719 g/mol. The summed E-state index contributed by atoms with van der Waals surface area (Å²) < 4.78 is 7.64. The van der Waals surface area contributed by atoms with E-state index >= 15 is 0 Å². The zero-order valence-electron chi connectivity index (χ0n) is 32.0. The number of phenolic OH excluding ortho intramolecular Hbond substituents is 1. The molecule has 0 aliphatic rings. The van der Waals surface area contributed by atoms with Crippen molar-refractivity contribution in [3.05, 3.63) is 149 Å². The molecule has 0 spiro atoms. The summed E-state index contributed by atoms with van der Waals surface area (Å²) in [5, 5.41) is 18.8. The van der Waals surface area contributed by atoms with E-state index in [1.54, 1.807) is 29.1 Å². The highest BCUT2D eigenvalue weighted by molar-refractivity contribution is 5.93. The molecule has 2 amide bonds. The Hall–Kier alpha value is -6.73. The van der Waals surface area contributed by atoms with Crippen molar-refractivity contribution in [1.82, 2.24) is 30.0 Å². The number of carbonyl (C=O) groups excluding carboxylic acids is 2. The second kappa shape index (κ2) is 16.6. The number of H-pyrrole nitrogens is 1. The minimum absolute atomic E-state index is 0.0737. The van der Waals surface area contributed by atoms with E-state index in [4.69, 9.17) is 26.7 Å². The third-order valence-electron chi connectivity index (χ3n) is 10.8. The molecule has 292 valence electrons. The smallest absolute Gasteiger partial charge is 0.249 e. The number of aromatic amines is 1.